The second kappa shape index (κ2) is 5.12. The first-order valence-electron chi connectivity index (χ1n) is 5.06. The van der Waals surface area contributed by atoms with Crippen molar-refractivity contribution in [1.82, 2.24) is 4.98 Å². The number of esters is 1. The number of aromatic nitrogens is 1. The number of rotatable bonds is 3. The molecule has 0 saturated carbocycles. The Morgan fingerprint density at radius 3 is 2.53 bits per heavy atom. The molecule has 1 aromatic heterocycles. The summed E-state index contributed by atoms with van der Waals surface area (Å²) in [7, 11) is 1.34. The lowest BCUT2D eigenvalue weighted by Gasteiger charge is -2.09. The Kier molecular flexibility index (Phi) is 3.35. The van der Waals surface area contributed by atoms with Gasteiger partial charge in [-0.15, -0.1) is 0 Å². The SMILES string of the molecule is COC(=O)c1ccccc1Oc1ccncc1. The highest BCUT2D eigenvalue weighted by Gasteiger charge is 2.12. The summed E-state index contributed by atoms with van der Waals surface area (Å²) in [6.07, 6.45) is 3.24. The summed E-state index contributed by atoms with van der Waals surface area (Å²) in [5.41, 5.74) is 0.395. The van der Waals surface area contributed by atoms with E-state index in [9.17, 15) is 4.79 Å². The van der Waals surface area contributed by atoms with Gasteiger partial charge in [0.15, 0.2) is 0 Å². The van der Waals surface area contributed by atoms with Crippen molar-refractivity contribution in [1.29, 1.82) is 0 Å². The summed E-state index contributed by atoms with van der Waals surface area (Å²) >= 11 is 0. The Bertz CT molecular complexity index is 511. The van der Waals surface area contributed by atoms with Crippen LogP contribution >= 0.6 is 0 Å². The predicted molar refractivity (Wildman–Crippen MR) is 62.1 cm³/mol. The second-order valence-electron chi connectivity index (χ2n) is 3.27. The predicted octanol–water partition coefficient (Wildman–Crippen LogP) is 2.66. The first kappa shape index (κ1) is 11.1. The standard InChI is InChI=1S/C13H11NO3/c1-16-13(15)11-4-2-3-5-12(11)17-10-6-8-14-9-7-10/h2-9H,1H3. The molecular formula is C13H11NO3. The molecule has 1 heterocycles. The van der Waals surface area contributed by atoms with Gasteiger partial charge in [0, 0.05) is 12.4 Å². The zero-order chi connectivity index (χ0) is 12.1. The van der Waals surface area contributed by atoms with Crippen LogP contribution in [0.5, 0.6) is 11.5 Å². The van der Waals surface area contributed by atoms with Gasteiger partial charge in [-0.05, 0) is 24.3 Å². The van der Waals surface area contributed by atoms with Crippen molar-refractivity contribution < 1.29 is 14.3 Å². The zero-order valence-electron chi connectivity index (χ0n) is 9.29. The van der Waals surface area contributed by atoms with E-state index in [0.717, 1.165) is 0 Å². The van der Waals surface area contributed by atoms with Crippen LogP contribution < -0.4 is 4.74 Å². The van der Waals surface area contributed by atoms with Gasteiger partial charge in [0.25, 0.3) is 0 Å². The molecule has 2 rings (SSSR count). The van der Waals surface area contributed by atoms with Gasteiger partial charge in [-0.3, -0.25) is 4.98 Å². The third-order valence-electron chi connectivity index (χ3n) is 2.17. The molecule has 0 aliphatic rings. The van der Waals surface area contributed by atoms with E-state index in [-0.39, 0.29) is 0 Å². The summed E-state index contributed by atoms with van der Waals surface area (Å²) in [6.45, 7) is 0. The molecule has 0 atom stereocenters. The molecule has 0 fully saturated rings. The number of carbonyl (C=O) groups excluding carboxylic acids is 1. The van der Waals surface area contributed by atoms with Gasteiger partial charge in [-0.25, -0.2) is 4.79 Å². The molecule has 0 bridgehead atoms. The van der Waals surface area contributed by atoms with E-state index in [1.807, 2.05) is 0 Å². The maximum absolute atomic E-state index is 11.5. The lowest BCUT2D eigenvalue weighted by molar-refractivity contribution is 0.0598. The maximum atomic E-state index is 11.5. The summed E-state index contributed by atoms with van der Waals surface area (Å²) < 4.78 is 10.3. The van der Waals surface area contributed by atoms with Crippen LogP contribution in [0.25, 0.3) is 0 Å². The van der Waals surface area contributed by atoms with Crippen molar-refractivity contribution >= 4 is 5.97 Å². The van der Waals surface area contributed by atoms with Crippen molar-refractivity contribution in [3.63, 3.8) is 0 Å². The zero-order valence-corrected chi connectivity index (χ0v) is 9.29. The van der Waals surface area contributed by atoms with Crippen LogP contribution in [-0.2, 0) is 4.74 Å². The minimum atomic E-state index is -0.422. The van der Waals surface area contributed by atoms with Gasteiger partial charge < -0.3 is 9.47 Å². The van der Waals surface area contributed by atoms with E-state index in [1.54, 1.807) is 48.8 Å². The van der Waals surface area contributed by atoms with E-state index in [1.165, 1.54) is 7.11 Å². The van der Waals surface area contributed by atoms with Crippen molar-refractivity contribution in [3.05, 3.63) is 54.4 Å². The highest BCUT2D eigenvalue weighted by Crippen LogP contribution is 2.24. The maximum Gasteiger partial charge on any atom is 0.341 e. The van der Waals surface area contributed by atoms with Gasteiger partial charge in [-0.2, -0.15) is 0 Å². The third kappa shape index (κ3) is 2.60. The highest BCUT2D eigenvalue weighted by atomic mass is 16.5. The fraction of sp³-hybridized carbons (Fsp3) is 0.0769. The number of pyridine rings is 1. The number of benzene rings is 1. The Balaban J connectivity index is 2.30. The fourth-order valence-electron chi connectivity index (χ4n) is 1.37. The van der Waals surface area contributed by atoms with Crippen LogP contribution in [-0.4, -0.2) is 18.1 Å². The van der Waals surface area contributed by atoms with Crippen LogP contribution in [0, 0.1) is 0 Å². The normalized spacial score (nSPS) is 9.71. The molecule has 4 nitrogen and oxygen atoms in total. The van der Waals surface area contributed by atoms with Crippen molar-refractivity contribution in [2.75, 3.05) is 7.11 Å². The Hall–Kier alpha value is -2.36. The van der Waals surface area contributed by atoms with E-state index < -0.39 is 5.97 Å². The van der Waals surface area contributed by atoms with E-state index in [4.69, 9.17) is 4.74 Å². The third-order valence-corrected chi connectivity index (χ3v) is 2.17. The quantitative estimate of drug-likeness (QED) is 0.759. The lowest BCUT2D eigenvalue weighted by Crippen LogP contribution is -2.03. The number of hydrogen-bond acceptors (Lipinski definition) is 4. The Morgan fingerprint density at radius 1 is 1.12 bits per heavy atom. The molecule has 2 aromatic rings. The molecule has 0 saturated heterocycles. The molecule has 4 heteroatoms. The van der Waals surface area contributed by atoms with Gasteiger partial charge >= 0.3 is 5.97 Å². The number of carbonyl (C=O) groups is 1. The molecule has 0 amide bonds. The molecule has 1 aromatic carbocycles. The summed E-state index contributed by atoms with van der Waals surface area (Å²) in [4.78, 5) is 15.4. The second-order valence-corrected chi connectivity index (χ2v) is 3.27. The highest BCUT2D eigenvalue weighted by molar-refractivity contribution is 5.92. The average Bonchev–Trinajstić information content (AvgIpc) is 2.40. The van der Waals surface area contributed by atoms with Gasteiger partial charge in [0.1, 0.15) is 17.1 Å². The molecule has 0 unspecified atom stereocenters. The number of hydrogen-bond donors (Lipinski definition) is 0. The summed E-state index contributed by atoms with van der Waals surface area (Å²) in [5.74, 6) is 0.663. The fourth-order valence-corrected chi connectivity index (χ4v) is 1.37. The van der Waals surface area contributed by atoms with E-state index in [0.29, 0.717) is 17.1 Å². The van der Waals surface area contributed by atoms with Crippen LogP contribution in [0.15, 0.2) is 48.8 Å². The monoisotopic (exact) mass is 229 g/mol. The molecule has 0 radical (unpaired) electrons. The van der Waals surface area contributed by atoms with Crippen molar-refractivity contribution in [2.45, 2.75) is 0 Å². The minimum Gasteiger partial charge on any atom is -0.465 e. The number of para-hydroxylation sites is 1. The summed E-state index contributed by atoms with van der Waals surface area (Å²) in [5, 5.41) is 0. The van der Waals surface area contributed by atoms with Crippen LogP contribution in [0.4, 0.5) is 0 Å². The Morgan fingerprint density at radius 2 is 1.82 bits per heavy atom. The van der Waals surface area contributed by atoms with Crippen molar-refractivity contribution in [2.24, 2.45) is 0 Å². The van der Waals surface area contributed by atoms with Crippen LogP contribution in [0.2, 0.25) is 0 Å². The summed E-state index contributed by atoms with van der Waals surface area (Å²) in [6, 6.07) is 10.4. The molecule has 0 N–H and O–H groups in total. The molecule has 0 spiro atoms. The molecule has 17 heavy (non-hydrogen) atoms. The van der Waals surface area contributed by atoms with Gasteiger partial charge in [0.05, 0.1) is 7.11 Å². The van der Waals surface area contributed by atoms with Gasteiger partial charge in [0.2, 0.25) is 0 Å². The molecular weight excluding hydrogens is 218 g/mol. The molecule has 0 aliphatic carbocycles. The first-order valence-corrected chi connectivity index (χ1v) is 5.06. The van der Waals surface area contributed by atoms with Crippen LogP contribution in [0.1, 0.15) is 10.4 Å². The van der Waals surface area contributed by atoms with Gasteiger partial charge in [-0.1, -0.05) is 12.1 Å². The van der Waals surface area contributed by atoms with E-state index >= 15 is 0 Å². The lowest BCUT2D eigenvalue weighted by atomic mass is 10.2. The minimum absolute atomic E-state index is 0.395. The Labute approximate surface area is 98.8 Å². The molecule has 0 aliphatic heterocycles. The largest absolute Gasteiger partial charge is 0.465 e. The van der Waals surface area contributed by atoms with Crippen LogP contribution in [0.3, 0.4) is 0 Å². The number of methoxy groups -OCH3 is 1. The number of nitrogens with zero attached hydrogens (tertiary/aromatic N) is 1. The van der Waals surface area contributed by atoms with E-state index in [2.05, 4.69) is 9.72 Å². The average molecular weight is 229 g/mol. The first-order chi connectivity index (χ1) is 8.31. The van der Waals surface area contributed by atoms with Crippen molar-refractivity contribution in [3.8, 4) is 11.5 Å². The number of ether oxygens (including phenoxy) is 2. The smallest absolute Gasteiger partial charge is 0.341 e. The topological polar surface area (TPSA) is 48.4 Å². The molecule has 86 valence electrons.